The number of nitrogens with zero attached hydrogens (tertiary/aromatic N) is 1. The number of carbonyl (C=O) groups excluding carboxylic acids is 1. The lowest BCUT2D eigenvalue weighted by atomic mass is 10.2. The minimum atomic E-state index is -3.62. The Hall–Kier alpha value is -1.11. The van der Waals surface area contributed by atoms with Crippen molar-refractivity contribution in [2.75, 3.05) is 25.4 Å². The van der Waals surface area contributed by atoms with E-state index in [1.807, 2.05) is 6.92 Å². The second-order valence-corrected chi connectivity index (χ2v) is 7.28. The molecule has 1 aromatic carbocycles. The highest BCUT2D eigenvalue weighted by molar-refractivity contribution is 7.92. The average Bonchev–Trinajstić information content (AvgIpc) is 2.39. The van der Waals surface area contributed by atoms with E-state index in [0.29, 0.717) is 24.7 Å². The van der Waals surface area contributed by atoms with Crippen LogP contribution in [0.5, 0.6) is 0 Å². The molecule has 2 rings (SSSR count). The van der Waals surface area contributed by atoms with Gasteiger partial charge in [0.05, 0.1) is 4.90 Å². The van der Waals surface area contributed by atoms with Gasteiger partial charge < -0.3 is 10.2 Å². The second kappa shape index (κ2) is 6.11. The lowest BCUT2D eigenvalue weighted by Crippen LogP contribution is -2.53. The van der Waals surface area contributed by atoms with Crippen LogP contribution in [0.3, 0.4) is 0 Å². The van der Waals surface area contributed by atoms with Crippen LogP contribution in [0.1, 0.15) is 6.92 Å². The molecule has 1 amide bonds. The van der Waals surface area contributed by atoms with E-state index in [1.165, 1.54) is 24.3 Å². The Morgan fingerprint density at radius 2 is 2.05 bits per heavy atom. The lowest BCUT2D eigenvalue weighted by molar-refractivity contribution is -0.131. The highest BCUT2D eigenvalue weighted by Crippen LogP contribution is 2.16. The van der Waals surface area contributed by atoms with Gasteiger partial charge in [0, 0.05) is 30.7 Å². The topological polar surface area (TPSA) is 66.5 Å². The molecule has 1 atom stereocenters. The van der Waals surface area contributed by atoms with Crippen molar-refractivity contribution in [1.82, 2.24) is 10.2 Å². The highest BCUT2D eigenvalue weighted by atomic mass is 35.5. The molecule has 1 aliphatic heterocycles. The number of hydrogen-bond donors (Lipinski definition) is 1. The summed E-state index contributed by atoms with van der Waals surface area (Å²) in [6.45, 7) is 3.82. The first kappa shape index (κ1) is 15.3. The molecule has 0 unspecified atom stereocenters. The molecular weight excluding hydrogens is 300 g/mol. The van der Waals surface area contributed by atoms with Crippen LogP contribution in [0.4, 0.5) is 0 Å². The summed E-state index contributed by atoms with van der Waals surface area (Å²) in [6.07, 6.45) is 0. The zero-order valence-electron chi connectivity index (χ0n) is 11.2. The third-order valence-electron chi connectivity index (χ3n) is 3.31. The monoisotopic (exact) mass is 316 g/mol. The summed E-state index contributed by atoms with van der Waals surface area (Å²) >= 11 is 5.73. The number of carbonyl (C=O) groups is 1. The van der Waals surface area contributed by atoms with Crippen LogP contribution in [-0.2, 0) is 14.6 Å². The summed E-state index contributed by atoms with van der Waals surface area (Å²) in [6, 6.07) is 5.87. The van der Waals surface area contributed by atoms with E-state index in [1.54, 1.807) is 4.90 Å². The molecule has 1 heterocycles. The fourth-order valence-corrected chi connectivity index (χ4v) is 3.52. The summed E-state index contributed by atoms with van der Waals surface area (Å²) in [4.78, 5) is 13.9. The summed E-state index contributed by atoms with van der Waals surface area (Å²) < 4.78 is 24.4. The van der Waals surface area contributed by atoms with Crippen LogP contribution in [0.25, 0.3) is 0 Å². The van der Waals surface area contributed by atoms with E-state index in [2.05, 4.69) is 5.32 Å². The Morgan fingerprint density at radius 3 is 2.65 bits per heavy atom. The fourth-order valence-electron chi connectivity index (χ4n) is 2.18. The lowest BCUT2D eigenvalue weighted by Gasteiger charge is -2.33. The van der Waals surface area contributed by atoms with Gasteiger partial charge in [-0.25, -0.2) is 8.42 Å². The van der Waals surface area contributed by atoms with Gasteiger partial charge in [0.15, 0.2) is 9.84 Å². The summed E-state index contributed by atoms with van der Waals surface area (Å²) in [5.74, 6) is -0.854. The molecule has 0 aromatic heterocycles. The molecule has 1 aliphatic rings. The van der Waals surface area contributed by atoms with Crippen molar-refractivity contribution in [2.24, 2.45) is 0 Å². The normalized spacial score (nSPS) is 19.9. The zero-order valence-corrected chi connectivity index (χ0v) is 12.7. The van der Waals surface area contributed by atoms with E-state index in [9.17, 15) is 13.2 Å². The van der Waals surface area contributed by atoms with Crippen molar-refractivity contribution in [2.45, 2.75) is 17.9 Å². The average molecular weight is 317 g/mol. The van der Waals surface area contributed by atoms with Gasteiger partial charge in [-0.05, 0) is 31.2 Å². The van der Waals surface area contributed by atoms with Gasteiger partial charge in [-0.2, -0.15) is 0 Å². The Morgan fingerprint density at radius 1 is 1.40 bits per heavy atom. The van der Waals surface area contributed by atoms with Crippen molar-refractivity contribution in [3.63, 3.8) is 0 Å². The molecular formula is C13H17ClN2O3S. The number of amides is 1. The molecule has 110 valence electrons. The number of nitrogens with one attached hydrogen (secondary N) is 1. The first-order valence-corrected chi connectivity index (χ1v) is 8.42. The molecule has 1 saturated heterocycles. The number of sulfone groups is 1. The summed E-state index contributed by atoms with van der Waals surface area (Å²) in [5.41, 5.74) is 0. The number of hydrogen-bond acceptors (Lipinski definition) is 4. The van der Waals surface area contributed by atoms with Gasteiger partial charge in [-0.3, -0.25) is 4.79 Å². The van der Waals surface area contributed by atoms with Crippen LogP contribution in [-0.4, -0.2) is 50.7 Å². The van der Waals surface area contributed by atoms with Gasteiger partial charge in [-0.1, -0.05) is 11.6 Å². The van der Waals surface area contributed by atoms with E-state index >= 15 is 0 Å². The molecule has 0 bridgehead atoms. The third-order valence-corrected chi connectivity index (χ3v) is 5.18. The van der Waals surface area contributed by atoms with E-state index in [-0.39, 0.29) is 16.8 Å². The Labute approximate surface area is 123 Å². The van der Waals surface area contributed by atoms with Gasteiger partial charge >= 0.3 is 0 Å². The highest BCUT2D eigenvalue weighted by Gasteiger charge is 2.27. The summed E-state index contributed by atoms with van der Waals surface area (Å²) in [5, 5.41) is 3.63. The predicted octanol–water partition coefficient (Wildman–Crippen LogP) is 0.934. The predicted molar refractivity (Wildman–Crippen MR) is 77.5 cm³/mol. The molecule has 1 fully saturated rings. The molecule has 0 radical (unpaired) electrons. The SMILES string of the molecule is C[C@@H]1CNCCN1C(=O)CS(=O)(=O)c1ccc(Cl)cc1. The molecule has 20 heavy (non-hydrogen) atoms. The number of halogens is 1. The molecule has 0 aliphatic carbocycles. The molecule has 5 nitrogen and oxygen atoms in total. The quantitative estimate of drug-likeness (QED) is 0.901. The smallest absolute Gasteiger partial charge is 0.238 e. The zero-order chi connectivity index (χ0) is 14.8. The molecule has 0 spiro atoms. The largest absolute Gasteiger partial charge is 0.337 e. The van der Waals surface area contributed by atoms with Gasteiger partial charge in [0.2, 0.25) is 5.91 Å². The maximum Gasteiger partial charge on any atom is 0.238 e. The first-order chi connectivity index (χ1) is 9.40. The molecule has 1 aromatic rings. The van der Waals surface area contributed by atoms with Crippen molar-refractivity contribution >= 4 is 27.3 Å². The minimum absolute atomic E-state index is 0.0108. The van der Waals surface area contributed by atoms with Crippen LogP contribution >= 0.6 is 11.6 Å². The number of benzene rings is 1. The van der Waals surface area contributed by atoms with Crippen molar-refractivity contribution < 1.29 is 13.2 Å². The molecule has 1 N–H and O–H groups in total. The maximum absolute atomic E-state index is 12.2. The van der Waals surface area contributed by atoms with Gasteiger partial charge in [-0.15, -0.1) is 0 Å². The van der Waals surface area contributed by atoms with Crippen molar-refractivity contribution in [3.8, 4) is 0 Å². The Balaban J connectivity index is 2.11. The van der Waals surface area contributed by atoms with Crippen LogP contribution in [0.15, 0.2) is 29.2 Å². The minimum Gasteiger partial charge on any atom is -0.337 e. The van der Waals surface area contributed by atoms with E-state index in [0.717, 1.165) is 0 Å². The first-order valence-electron chi connectivity index (χ1n) is 6.38. The second-order valence-electron chi connectivity index (χ2n) is 4.85. The van der Waals surface area contributed by atoms with Crippen molar-refractivity contribution in [1.29, 1.82) is 0 Å². The van der Waals surface area contributed by atoms with Gasteiger partial charge in [0.25, 0.3) is 0 Å². The number of piperazine rings is 1. The van der Waals surface area contributed by atoms with E-state index in [4.69, 9.17) is 11.6 Å². The van der Waals surface area contributed by atoms with Crippen LogP contribution in [0.2, 0.25) is 5.02 Å². The standard InChI is InChI=1S/C13H17ClN2O3S/c1-10-8-15-6-7-16(10)13(17)9-20(18,19)12-4-2-11(14)3-5-12/h2-5,10,15H,6-9H2,1H3/t10-/m1/s1. The van der Waals surface area contributed by atoms with Crippen LogP contribution in [0, 0.1) is 0 Å². The number of rotatable bonds is 3. The maximum atomic E-state index is 12.2. The van der Waals surface area contributed by atoms with Crippen molar-refractivity contribution in [3.05, 3.63) is 29.3 Å². The van der Waals surface area contributed by atoms with E-state index < -0.39 is 15.6 Å². The van der Waals surface area contributed by atoms with Crippen LogP contribution < -0.4 is 5.32 Å². The third kappa shape index (κ3) is 3.50. The Bertz CT molecular complexity index is 586. The summed E-state index contributed by atoms with van der Waals surface area (Å²) in [7, 11) is -3.62. The fraction of sp³-hybridized carbons (Fsp3) is 0.462. The molecule has 0 saturated carbocycles. The Kier molecular flexibility index (Phi) is 4.67. The molecule has 7 heteroatoms. The van der Waals surface area contributed by atoms with Gasteiger partial charge in [0.1, 0.15) is 5.75 Å².